The van der Waals surface area contributed by atoms with Crippen LogP contribution in [0.5, 0.6) is 0 Å². The van der Waals surface area contributed by atoms with Crippen LogP contribution in [0.2, 0.25) is 0 Å². The van der Waals surface area contributed by atoms with Crippen LogP contribution in [0.4, 0.5) is 0 Å². The van der Waals surface area contributed by atoms with E-state index in [4.69, 9.17) is 3.83 Å². The quantitative estimate of drug-likeness (QED) is 0.507. The van der Waals surface area contributed by atoms with Crippen LogP contribution in [0.15, 0.2) is 0 Å². The van der Waals surface area contributed by atoms with E-state index in [9.17, 15) is 0 Å². The van der Waals surface area contributed by atoms with Crippen molar-refractivity contribution >= 4 is 37.7 Å². The third-order valence-corrected chi connectivity index (χ3v) is 0. The molecule has 0 aromatic rings. The van der Waals surface area contributed by atoms with Crippen LogP contribution in [-0.4, -0.2) is 37.7 Å². The van der Waals surface area contributed by atoms with Gasteiger partial charge in [-0.05, 0) is 0 Å². The standard InChI is InChI=1S/Ca.Mn.O.Ru.2H/q+2;;;;2*-1. The number of rotatable bonds is 0. The second-order valence-corrected chi connectivity index (χ2v) is 0. The molecular weight excluding hydrogens is 212 g/mol. The summed E-state index contributed by atoms with van der Waals surface area (Å²) >= 11 is 1.69. The van der Waals surface area contributed by atoms with Gasteiger partial charge in [-0.3, -0.25) is 0 Å². The zero-order valence-electron chi connectivity index (χ0n) is 3.85. The second-order valence-electron chi connectivity index (χ2n) is 0. The van der Waals surface area contributed by atoms with Gasteiger partial charge in [0.2, 0.25) is 0 Å². The molecule has 0 radical (unpaired) electrons. The predicted octanol–water partition coefficient (Wildman–Crippen LogP) is -0.280. The first kappa shape index (κ1) is 16.4. The van der Waals surface area contributed by atoms with Crippen LogP contribution >= 0.6 is 0 Å². The Balaban J connectivity index is -0.000000000833. The zero-order valence-corrected chi connectivity index (χ0v) is 6.97. The molecule has 0 heterocycles. The molecule has 0 aromatic carbocycles. The Morgan fingerprint density at radius 2 is 1.50 bits per heavy atom. The molecular formula is H2CaMnORu. The van der Waals surface area contributed by atoms with Crippen molar-refractivity contribution in [2.45, 2.75) is 0 Å². The van der Waals surface area contributed by atoms with Crippen molar-refractivity contribution in [1.82, 2.24) is 0 Å². The second kappa shape index (κ2) is 18.9. The van der Waals surface area contributed by atoms with E-state index >= 15 is 0 Å². The molecule has 0 rings (SSSR count). The third-order valence-electron chi connectivity index (χ3n) is 0. The average molecular weight is 214 g/mol. The van der Waals surface area contributed by atoms with Gasteiger partial charge in [-0.15, -0.1) is 0 Å². The molecule has 0 amide bonds. The SMILES string of the molecule is [Ca+2].[H-].[H-].[O]=[Mn].[Ru]. The van der Waals surface area contributed by atoms with Crippen LogP contribution in [0.25, 0.3) is 0 Å². The smallest absolute Gasteiger partial charge is 0 e. The molecule has 0 aliphatic rings. The van der Waals surface area contributed by atoms with Gasteiger partial charge < -0.3 is 2.85 Å². The van der Waals surface area contributed by atoms with Crippen LogP contribution in [0.1, 0.15) is 2.85 Å². The maximum absolute atomic E-state index is 8.06. The van der Waals surface area contributed by atoms with Crippen LogP contribution < -0.4 is 0 Å². The molecule has 0 aliphatic carbocycles. The van der Waals surface area contributed by atoms with E-state index in [0.717, 1.165) is 0 Å². The fourth-order valence-corrected chi connectivity index (χ4v) is 0. The zero-order chi connectivity index (χ0) is 2.00. The van der Waals surface area contributed by atoms with Gasteiger partial charge in [-0.25, -0.2) is 0 Å². The van der Waals surface area contributed by atoms with Crippen molar-refractivity contribution in [2.24, 2.45) is 0 Å². The summed E-state index contributed by atoms with van der Waals surface area (Å²) in [5.74, 6) is 0. The Hall–Kier alpha value is 2.20. The van der Waals surface area contributed by atoms with Crippen LogP contribution in [-0.2, 0) is 39.3 Å². The summed E-state index contributed by atoms with van der Waals surface area (Å²) in [6.45, 7) is 0. The molecule has 0 aliphatic heterocycles. The fourth-order valence-electron chi connectivity index (χ4n) is 0. The summed E-state index contributed by atoms with van der Waals surface area (Å²) in [6, 6.07) is 0. The van der Waals surface area contributed by atoms with Gasteiger partial charge in [0.15, 0.2) is 0 Å². The fraction of sp³-hybridized carbons (Fsp3) is 0. The molecule has 0 saturated heterocycles. The molecule has 0 bridgehead atoms. The first-order chi connectivity index (χ1) is 1.00. The van der Waals surface area contributed by atoms with Crippen LogP contribution in [0.3, 0.4) is 0 Å². The van der Waals surface area contributed by atoms with Crippen molar-refractivity contribution in [3.05, 3.63) is 0 Å². The van der Waals surface area contributed by atoms with Gasteiger partial charge >= 0.3 is 57.5 Å². The normalized spacial score (nSPS) is 1.00. The van der Waals surface area contributed by atoms with E-state index in [1.807, 2.05) is 0 Å². The summed E-state index contributed by atoms with van der Waals surface area (Å²) in [6.07, 6.45) is 0. The largest absolute Gasteiger partial charge is 0 e. The summed E-state index contributed by atoms with van der Waals surface area (Å²) in [5, 5.41) is 0. The van der Waals surface area contributed by atoms with E-state index in [-0.39, 0.29) is 60.1 Å². The van der Waals surface area contributed by atoms with Crippen molar-refractivity contribution in [1.29, 1.82) is 0 Å². The summed E-state index contributed by atoms with van der Waals surface area (Å²) < 4.78 is 8.06. The summed E-state index contributed by atoms with van der Waals surface area (Å²) in [5.41, 5.74) is 0. The van der Waals surface area contributed by atoms with E-state index in [1.54, 1.807) is 15.9 Å². The van der Waals surface area contributed by atoms with Crippen molar-refractivity contribution in [2.75, 3.05) is 0 Å². The monoisotopic (exact) mass is 215 g/mol. The first-order valence-electron chi connectivity index (χ1n) is 0.154. The minimum absolute atomic E-state index is 0. The minimum atomic E-state index is 0. The van der Waals surface area contributed by atoms with Crippen molar-refractivity contribution in [3.8, 4) is 0 Å². The van der Waals surface area contributed by atoms with Gasteiger partial charge in [-0.2, -0.15) is 0 Å². The Bertz CT molecular complexity index is 13.5. The molecule has 0 spiro atoms. The summed E-state index contributed by atoms with van der Waals surface area (Å²) in [7, 11) is 0. The van der Waals surface area contributed by atoms with E-state index in [2.05, 4.69) is 0 Å². The van der Waals surface area contributed by atoms with Crippen LogP contribution in [0, 0.1) is 0 Å². The molecule has 1 nitrogen and oxygen atoms in total. The molecule has 0 atom stereocenters. The van der Waals surface area contributed by atoms with Gasteiger partial charge in [0.1, 0.15) is 0 Å². The molecule has 0 unspecified atom stereocenters. The van der Waals surface area contributed by atoms with E-state index < -0.39 is 0 Å². The average Bonchev–Trinajstić information content (AvgIpc) is 1.00. The molecule has 0 saturated carbocycles. The van der Waals surface area contributed by atoms with Gasteiger partial charge in [0.25, 0.3) is 0 Å². The minimum Gasteiger partial charge on any atom is 0 e. The van der Waals surface area contributed by atoms with Gasteiger partial charge in [-0.1, -0.05) is 0 Å². The Labute approximate surface area is 78.6 Å². The molecule has 4 heteroatoms. The maximum Gasteiger partial charge on any atom is 0 e. The maximum atomic E-state index is 8.06. The predicted molar refractivity (Wildman–Crippen MR) is 8.66 cm³/mol. The van der Waals surface area contributed by atoms with E-state index in [0.29, 0.717) is 0 Å². The topological polar surface area (TPSA) is 17.1 Å². The van der Waals surface area contributed by atoms with Gasteiger partial charge in [0, 0.05) is 19.5 Å². The van der Waals surface area contributed by atoms with Gasteiger partial charge in [0.05, 0.1) is 0 Å². The van der Waals surface area contributed by atoms with Crippen molar-refractivity contribution < 1.29 is 42.1 Å². The number of hydrogen-bond donors (Lipinski definition) is 0. The molecule has 0 aromatic heterocycles. The molecule has 4 heavy (non-hydrogen) atoms. The third kappa shape index (κ3) is 8.88. The summed E-state index contributed by atoms with van der Waals surface area (Å²) in [4.78, 5) is 0. The Morgan fingerprint density at radius 1 is 1.50 bits per heavy atom. The molecule has 0 N–H and O–H groups in total. The van der Waals surface area contributed by atoms with E-state index in [1.165, 1.54) is 0 Å². The van der Waals surface area contributed by atoms with Crippen molar-refractivity contribution in [3.63, 3.8) is 0 Å². The molecule has 25 valence electrons. The first-order valence-corrected chi connectivity index (χ1v) is 0.636. The Kier molecular flexibility index (Phi) is 77.5. The Morgan fingerprint density at radius 3 is 1.50 bits per heavy atom. The molecule has 0 fully saturated rings. The number of hydrogen-bond acceptors (Lipinski definition) is 1.